The molecular formula is C23H22F2N6O2S. The number of nitrogens with one attached hydrogen (secondary N) is 1. The summed E-state index contributed by atoms with van der Waals surface area (Å²) in [4.78, 5) is 39.4. The Hall–Kier alpha value is -3.47. The van der Waals surface area contributed by atoms with Crippen LogP contribution in [-0.4, -0.2) is 30.0 Å². The van der Waals surface area contributed by atoms with Gasteiger partial charge in [0.25, 0.3) is 11.5 Å². The molecule has 0 aliphatic carbocycles. The number of hydrogen-bond acceptors (Lipinski definition) is 6. The molecule has 0 fully saturated rings. The number of imidazole rings is 1. The van der Waals surface area contributed by atoms with Crippen molar-refractivity contribution in [2.45, 2.75) is 52.1 Å². The molecule has 176 valence electrons. The van der Waals surface area contributed by atoms with Gasteiger partial charge >= 0.3 is 6.55 Å². The Morgan fingerprint density at radius 1 is 1.18 bits per heavy atom. The van der Waals surface area contributed by atoms with Crippen LogP contribution in [0.1, 0.15) is 54.1 Å². The van der Waals surface area contributed by atoms with Crippen LogP contribution in [-0.2, 0) is 13.0 Å². The van der Waals surface area contributed by atoms with Gasteiger partial charge in [-0.05, 0) is 38.0 Å². The molecule has 0 saturated carbocycles. The van der Waals surface area contributed by atoms with Gasteiger partial charge in [0, 0.05) is 30.9 Å². The van der Waals surface area contributed by atoms with E-state index >= 15 is 0 Å². The van der Waals surface area contributed by atoms with E-state index in [1.807, 2.05) is 0 Å². The summed E-state index contributed by atoms with van der Waals surface area (Å²) < 4.78 is 29.0. The van der Waals surface area contributed by atoms with Gasteiger partial charge in [-0.15, -0.1) is 0 Å². The molecule has 11 heteroatoms. The summed E-state index contributed by atoms with van der Waals surface area (Å²) in [6.07, 6.45) is 7.38. The number of thiazole rings is 1. The second-order valence-corrected chi connectivity index (χ2v) is 9.20. The molecule has 0 spiro atoms. The first-order valence-corrected chi connectivity index (χ1v) is 11.9. The molecular weight excluding hydrogens is 462 g/mol. The number of nitrogens with zero attached hydrogens (tertiary/aromatic N) is 5. The number of amides is 1. The third-order valence-corrected chi connectivity index (χ3v) is 7.00. The van der Waals surface area contributed by atoms with E-state index in [2.05, 4.69) is 15.3 Å². The number of rotatable bonds is 4. The Balaban J connectivity index is 1.43. The first kappa shape index (κ1) is 22.3. The fourth-order valence-electron chi connectivity index (χ4n) is 4.21. The molecule has 3 aromatic heterocycles. The van der Waals surface area contributed by atoms with E-state index in [1.54, 1.807) is 29.7 Å². The van der Waals surface area contributed by atoms with E-state index in [0.29, 0.717) is 33.6 Å². The second kappa shape index (κ2) is 9.05. The Morgan fingerprint density at radius 2 is 2.00 bits per heavy atom. The zero-order chi connectivity index (χ0) is 23.8. The van der Waals surface area contributed by atoms with E-state index in [4.69, 9.17) is 4.98 Å². The number of carbonyl (C=O) groups excluding carboxylic acids is 1. The first-order chi connectivity index (χ1) is 16.4. The Morgan fingerprint density at radius 3 is 2.82 bits per heavy atom. The maximum Gasteiger partial charge on any atom is 0.320 e. The van der Waals surface area contributed by atoms with Crippen molar-refractivity contribution in [3.8, 4) is 10.7 Å². The first-order valence-electron chi connectivity index (χ1n) is 11.1. The topological polar surface area (TPSA) is 94.7 Å². The summed E-state index contributed by atoms with van der Waals surface area (Å²) >= 11 is 1.07. The van der Waals surface area contributed by atoms with Crippen LogP contribution in [0.3, 0.4) is 0 Å². The predicted octanol–water partition coefficient (Wildman–Crippen LogP) is 4.79. The second-order valence-electron chi connectivity index (χ2n) is 8.20. The lowest BCUT2D eigenvalue weighted by molar-refractivity contribution is 0.0720. The lowest BCUT2D eigenvalue weighted by Crippen LogP contribution is -2.26. The van der Waals surface area contributed by atoms with Crippen molar-refractivity contribution in [2.24, 2.45) is 0 Å². The highest BCUT2D eigenvalue weighted by Gasteiger charge is 2.20. The molecule has 4 aromatic rings. The predicted molar refractivity (Wildman–Crippen MR) is 125 cm³/mol. The van der Waals surface area contributed by atoms with Crippen LogP contribution in [0.25, 0.3) is 21.6 Å². The number of aromatic nitrogens is 5. The number of halogens is 2. The van der Waals surface area contributed by atoms with Crippen molar-refractivity contribution < 1.29 is 13.6 Å². The van der Waals surface area contributed by atoms with Gasteiger partial charge in [-0.1, -0.05) is 24.2 Å². The molecule has 5 rings (SSSR count). The summed E-state index contributed by atoms with van der Waals surface area (Å²) in [6.45, 7) is -0.395. The van der Waals surface area contributed by atoms with Crippen LogP contribution in [0.4, 0.5) is 13.9 Å². The Kier molecular flexibility index (Phi) is 5.94. The van der Waals surface area contributed by atoms with E-state index in [-0.39, 0.29) is 16.5 Å². The molecule has 8 nitrogen and oxygen atoms in total. The molecule has 1 N–H and O–H groups in total. The average Bonchev–Trinajstić information content (AvgIpc) is 3.41. The molecule has 0 radical (unpaired) electrons. The fraction of sp³-hybridized carbons (Fsp3) is 0.348. The van der Waals surface area contributed by atoms with E-state index < -0.39 is 12.5 Å². The van der Waals surface area contributed by atoms with Crippen LogP contribution in [0.5, 0.6) is 0 Å². The van der Waals surface area contributed by atoms with Crippen molar-refractivity contribution in [3.63, 3.8) is 0 Å². The fourth-order valence-corrected chi connectivity index (χ4v) is 5.17. The lowest BCUT2D eigenvalue weighted by Gasteiger charge is -2.16. The minimum absolute atomic E-state index is 0.0800. The summed E-state index contributed by atoms with van der Waals surface area (Å²) in [5, 5.41) is 3.47. The van der Waals surface area contributed by atoms with Gasteiger partial charge in [-0.2, -0.15) is 8.78 Å². The van der Waals surface area contributed by atoms with Crippen LogP contribution < -0.4 is 10.9 Å². The number of alkyl halides is 2. The van der Waals surface area contributed by atoms with Crippen molar-refractivity contribution >= 4 is 33.3 Å². The van der Waals surface area contributed by atoms with Gasteiger partial charge in [0.15, 0.2) is 11.0 Å². The monoisotopic (exact) mass is 484 g/mol. The normalized spacial score (nSPS) is 14.1. The maximum absolute atomic E-state index is 13.2. The van der Waals surface area contributed by atoms with Gasteiger partial charge in [-0.3, -0.25) is 24.0 Å². The SMILES string of the molecule is Cc1nc(NC(=O)c2ccc3c(=O)n4c(nc3c2)CCCCCC4)sc1-c1nccn1C(F)F. The highest BCUT2D eigenvalue weighted by atomic mass is 32.1. The summed E-state index contributed by atoms with van der Waals surface area (Å²) in [5.41, 5.74) is 1.22. The number of aryl methyl sites for hydroxylation is 2. The smallest absolute Gasteiger partial charge is 0.298 e. The van der Waals surface area contributed by atoms with Gasteiger partial charge in [0.1, 0.15) is 5.82 Å². The highest BCUT2D eigenvalue weighted by molar-refractivity contribution is 7.19. The number of fused-ring (bicyclic) bond motifs is 2. The Labute approximate surface area is 197 Å². The number of hydrogen-bond donors (Lipinski definition) is 1. The van der Waals surface area contributed by atoms with Crippen LogP contribution in [0, 0.1) is 6.92 Å². The summed E-state index contributed by atoms with van der Waals surface area (Å²) in [5.74, 6) is 0.426. The quantitative estimate of drug-likeness (QED) is 0.450. The molecule has 4 heterocycles. The van der Waals surface area contributed by atoms with Gasteiger partial charge in [0.2, 0.25) is 0 Å². The van der Waals surface area contributed by atoms with Crippen molar-refractivity contribution in [1.29, 1.82) is 0 Å². The minimum Gasteiger partial charge on any atom is -0.298 e. The molecule has 0 saturated heterocycles. The van der Waals surface area contributed by atoms with Crippen molar-refractivity contribution in [3.05, 3.63) is 58.0 Å². The van der Waals surface area contributed by atoms with Crippen LogP contribution in [0.15, 0.2) is 35.4 Å². The molecule has 34 heavy (non-hydrogen) atoms. The van der Waals surface area contributed by atoms with E-state index in [9.17, 15) is 18.4 Å². The molecule has 1 aromatic carbocycles. The molecule has 0 bridgehead atoms. The third-order valence-electron chi connectivity index (χ3n) is 5.93. The van der Waals surface area contributed by atoms with Crippen molar-refractivity contribution in [1.82, 2.24) is 24.1 Å². The number of carbonyl (C=O) groups is 1. The van der Waals surface area contributed by atoms with Gasteiger partial charge in [0.05, 0.1) is 21.5 Å². The molecule has 1 aliphatic rings. The van der Waals surface area contributed by atoms with Gasteiger partial charge in [-0.25, -0.2) is 15.0 Å². The van der Waals surface area contributed by atoms with Crippen LogP contribution >= 0.6 is 11.3 Å². The standard InChI is InChI=1S/C23H22F2N6O2S/c1-13-18(19-26-9-11-31(19)22(24)25)34-23(27-13)29-20(32)14-7-8-15-16(12-14)28-17-6-4-2-3-5-10-30(17)21(15)33/h7-9,11-12,22H,2-6,10H2,1H3,(H,27,29,32). The van der Waals surface area contributed by atoms with Crippen LogP contribution in [0.2, 0.25) is 0 Å². The Bertz CT molecular complexity index is 1440. The maximum atomic E-state index is 13.2. The largest absolute Gasteiger partial charge is 0.320 e. The number of anilines is 1. The third kappa shape index (κ3) is 4.11. The highest BCUT2D eigenvalue weighted by Crippen LogP contribution is 2.33. The molecule has 1 amide bonds. The zero-order valence-electron chi connectivity index (χ0n) is 18.4. The zero-order valence-corrected chi connectivity index (χ0v) is 19.2. The average molecular weight is 485 g/mol. The lowest BCUT2D eigenvalue weighted by atomic mass is 10.1. The molecule has 0 unspecified atom stereocenters. The molecule has 1 aliphatic heterocycles. The minimum atomic E-state index is -2.73. The van der Waals surface area contributed by atoms with Gasteiger partial charge < -0.3 is 0 Å². The van der Waals surface area contributed by atoms with E-state index in [0.717, 1.165) is 53.8 Å². The summed E-state index contributed by atoms with van der Waals surface area (Å²) in [6, 6.07) is 4.82. The molecule has 0 atom stereocenters. The summed E-state index contributed by atoms with van der Waals surface area (Å²) in [7, 11) is 0. The number of benzene rings is 1. The van der Waals surface area contributed by atoms with Crippen molar-refractivity contribution in [2.75, 3.05) is 5.32 Å². The van der Waals surface area contributed by atoms with E-state index in [1.165, 1.54) is 12.4 Å².